The van der Waals surface area contributed by atoms with Gasteiger partial charge in [-0.15, -0.1) is 0 Å². The maximum Gasteiger partial charge on any atom is 0.223 e. The molecule has 4 nitrogen and oxygen atoms in total. The van der Waals surface area contributed by atoms with Crippen molar-refractivity contribution in [1.82, 2.24) is 14.5 Å². The smallest absolute Gasteiger partial charge is 0.223 e. The average Bonchev–Trinajstić information content (AvgIpc) is 3.26. The molecule has 4 rings (SSSR count). The molecule has 2 aromatic carbocycles. The standard InChI is InChI=1S/C25H29N3O/c29-24(15-14-21-9-3-1-4-10-21)28-18-8-7-13-23(28)16-19-27-20-17-26-25(27)22-11-5-2-6-12-22/h1-6,9-12,17,20,23H,7-8,13-16,18-19H2. The zero-order valence-corrected chi connectivity index (χ0v) is 16.9. The zero-order chi connectivity index (χ0) is 19.9. The number of hydrogen-bond acceptors (Lipinski definition) is 2. The molecule has 1 fully saturated rings. The number of aromatic nitrogens is 2. The van der Waals surface area contributed by atoms with Gasteiger partial charge in [0.05, 0.1) is 0 Å². The number of carbonyl (C=O) groups excluding carboxylic acids is 1. The molecule has 3 aromatic rings. The van der Waals surface area contributed by atoms with Gasteiger partial charge in [0.2, 0.25) is 5.91 Å². The maximum absolute atomic E-state index is 12.9. The summed E-state index contributed by atoms with van der Waals surface area (Å²) < 4.78 is 2.22. The molecular formula is C25H29N3O. The molecule has 0 bridgehead atoms. The van der Waals surface area contributed by atoms with Crippen molar-refractivity contribution in [2.45, 2.75) is 51.1 Å². The number of hydrogen-bond donors (Lipinski definition) is 0. The van der Waals surface area contributed by atoms with Crippen molar-refractivity contribution in [3.63, 3.8) is 0 Å². The first-order chi connectivity index (χ1) is 14.3. The van der Waals surface area contributed by atoms with Crippen LogP contribution in [0, 0.1) is 0 Å². The highest BCUT2D eigenvalue weighted by Crippen LogP contribution is 2.23. The van der Waals surface area contributed by atoms with E-state index >= 15 is 0 Å². The van der Waals surface area contributed by atoms with Gasteiger partial charge in [0.25, 0.3) is 0 Å². The van der Waals surface area contributed by atoms with E-state index in [-0.39, 0.29) is 0 Å². The van der Waals surface area contributed by atoms with E-state index in [2.05, 4.69) is 38.7 Å². The van der Waals surface area contributed by atoms with Crippen molar-refractivity contribution >= 4 is 5.91 Å². The van der Waals surface area contributed by atoms with Crippen LogP contribution in [-0.2, 0) is 17.8 Å². The van der Waals surface area contributed by atoms with Gasteiger partial charge in [-0.3, -0.25) is 4.79 Å². The third-order valence-corrected chi connectivity index (χ3v) is 5.87. The fraction of sp³-hybridized carbons (Fsp3) is 0.360. The molecule has 1 aromatic heterocycles. The van der Waals surface area contributed by atoms with Crippen molar-refractivity contribution in [3.8, 4) is 11.4 Å². The second kappa shape index (κ2) is 9.55. The Kier molecular flexibility index (Phi) is 6.40. The molecule has 0 aliphatic carbocycles. The highest BCUT2D eigenvalue weighted by Gasteiger charge is 2.26. The lowest BCUT2D eigenvalue weighted by Gasteiger charge is -2.36. The number of rotatable bonds is 7. The van der Waals surface area contributed by atoms with Gasteiger partial charge in [-0.05, 0) is 37.7 Å². The van der Waals surface area contributed by atoms with Gasteiger partial charge < -0.3 is 9.47 Å². The van der Waals surface area contributed by atoms with E-state index in [0.29, 0.717) is 18.4 Å². The lowest BCUT2D eigenvalue weighted by atomic mass is 9.98. The lowest BCUT2D eigenvalue weighted by molar-refractivity contribution is -0.135. The first kappa shape index (κ1) is 19.4. The van der Waals surface area contributed by atoms with Crippen LogP contribution in [0.2, 0.25) is 0 Å². The predicted molar refractivity (Wildman–Crippen MR) is 116 cm³/mol. The number of likely N-dealkylation sites (tertiary alicyclic amines) is 1. The normalized spacial score (nSPS) is 16.7. The van der Waals surface area contributed by atoms with Crippen molar-refractivity contribution in [2.24, 2.45) is 0 Å². The van der Waals surface area contributed by atoms with Gasteiger partial charge in [-0.1, -0.05) is 60.7 Å². The van der Waals surface area contributed by atoms with Crippen molar-refractivity contribution in [2.75, 3.05) is 6.54 Å². The molecule has 0 N–H and O–H groups in total. The van der Waals surface area contributed by atoms with Crippen LogP contribution in [0.25, 0.3) is 11.4 Å². The van der Waals surface area contributed by atoms with Crippen LogP contribution in [0.5, 0.6) is 0 Å². The van der Waals surface area contributed by atoms with Crippen LogP contribution in [-0.4, -0.2) is 32.9 Å². The summed E-state index contributed by atoms with van der Waals surface area (Å²) in [5.74, 6) is 1.30. The van der Waals surface area contributed by atoms with Gasteiger partial charge in [0.1, 0.15) is 5.82 Å². The quantitative estimate of drug-likeness (QED) is 0.575. The van der Waals surface area contributed by atoms with Crippen LogP contribution in [0.15, 0.2) is 73.1 Å². The minimum Gasteiger partial charge on any atom is -0.340 e. The Morgan fingerprint density at radius 1 is 1.00 bits per heavy atom. The summed E-state index contributed by atoms with van der Waals surface area (Å²) in [4.78, 5) is 19.6. The Morgan fingerprint density at radius 2 is 1.76 bits per heavy atom. The molecule has 150 valence electrons. The first-order valence-corrected chi connectivity index (χ1v) is 10.7. The molecule has 1 atom stereocenters. The number of piperidine rings is 1. The Balaban J connectivity index is 1.37. The van der Waals surface area contributed by atoms with Crippen LogP contribution in [0.4, 0.5) is 0 Å². The Morgan fingerprint density at radius 3 is 2.55 bits per heavy atom. The van der Waals surface area contributed by atoms with Gasteiger partial charge in [0.15, 0.2) is 0 Å². The summed E-state index contributed by atoms with van der Waals surface area (Å²) in [6.45, 7) is 1.78. The predicted octanol–water partition coefficient (Wildman–Crippen LogP) is 4.95. The van der Waals surface area contributed by atoms with Crippen LogP contribution >= 0.6 is 0 Å². The molecular weight excluding hydrogens is 358 g/mol. The largest absolute Gasteiger partial charge is 0.340 e. The number of amides is 1. The molecule has 29 heavy (non-hydrogen) atoms. The third kappa shape index (κ3) is 4.94. The highest BCUT2D eigenvalue weighted by molar-refractivity contribution is 5.77. The summed E-state index contributed by atoms with van der Waals surface area (Å²) in [5.41, 5.74) is 2.37. The second-order valence-electron chi connectivity index (χ2n) is 7.82. The first-order valence-electron chi connectivity index (χ1n) is 10.7. The molecule has 4 heteroatoms. The fourth-order valence-corrected chi connectivity index (χ4v) is 4.29. The number of imidazole rings is 1. The Hall–Kier alpha value is -2.88. The van der Waals surface area contributed by atoms with E-state index in [1.165, 1.54) is 12.0 Å². The lowest BCUT2D eigenvalue weighted by Crippen LogP contribution is -2.44. The van der Waals surface area contributed by atoms with Crippen molar-refractivity contribution in [3.05, 3.63) is 78.6 Å². The average molecular weight is 388 g/mol. The maximum atomic E-state index is 12.9. The molecule has 1 aliphatic rings. The molecule has 1 unspecified atom stereocenters. The van der Waals surface area contributed by atoms with E-state index < -0.39 is 0 Å². The minimum atomic E-state index is 0.299. The van der Waals surface area contributed by atoms with E-state index in [1.54, 1.807) is 0 Å². The molecule has 0 spiro atoms. The summed E-state index contributed by atoms with van der Waals surface area (Å²) in [6, 6.07) is 20.9. The van der Waals surface area contributed by atoms with E-state index in [1.807, 2.05) is 48.8 Å². The molecule has 1 saturated heterocycles. The third-order valence-electron chi connectivity index (χ3n) is 5.87. The van der Waals surface area contributed by atoms with E-state index in [0.717, 1.165) is 50.2 Å². The highest BCUT2D eigenvalue weighted by atomic mass is 16.2. The van der Waals surface area contributed by atoms with Gasteiger partial charge in [-0.25, -0.2) is 4.98 Å². The van der Waals surface area contributed by atoms with E-state index in [9.17, 15) is 4.79 Å². The number of benzene rings is 2. The second-order valence-corrected chi connectivity index (χ2v) is 7.82. The molecule has 0 saturated carbocycles. The van der Waals surface area contributed by atoms with Gasteiger partial charge in [-0.2, -0.15) is 0 Å². The fourth-order valence-electron chi connectivity index (χ4n) is 4.29. The molecule has 1 aliphatic heterocycles. The number of aryl methyl sites for hydroxylation is 2. The van der Waals surface area contributed by atoms with Gasteiger partial charge in [0, 0.05) is 43.5 Å². The van der Waals surface area contributed by atoms with Crippen LogP contribution in [0.3, 0.4) is 0 Å². The number of nitrogens with zero attached hydrogens (tertiary/aromatic N) is 3. The van der Waals surface area contributed by atoms with Crippen molar-refractivity contribution < 1.29 is 4.79 Å². The molecule has 1 amide bonds. The molecule has 2 heterocycles. The Bertz CT molecular complexity index is 904. The number of carbonyl (C=O) groups is 1. The summed E-state index contributed by atoms with van der Waals surface area (Å²) >= 11 is 0. The van der Waals surface area contributed by atoms with Crippen LogP contribution in [0.1, 0.15) is 37.7 Å². The van der Waals surface area contributed by atoms with Crippen molar-refractivity contribution in [1.29, 1.82) is 0 Å². The summed E-state index contributed by atoms with van der Waals surface area (Å²) in [7, 11) is 0. The van der Waals surface area contributed by atoms with Gasteiger partial charge >= 0.3 is 0 Å². The minimum absolute atomic E-state index is 0.299. The summed E-state index contributed by atoms with van der Waals surface area (Å²) in [5, 5.41) is 0. The van der Waals surface area contributed by atoms with E-state index in [4.69, 9.17) is 0 Å². The molecule has 0 radical (unpaired) electrons. The zero-order valence-electron chi connectivity index (χ0n) is 16.9. The Labute approximate surface area is 173 Å². The monoisotopic (exact) mass is 387 g/mol. The SMILES string of the molecule is O=C(CCc1ccccc1)N1CCCCC1CCn1ccnc1-c1ccccc1. The topological polar surface area (TPSA) is 38.1 Å². The summed E-state index contributed by atoms with van der Waals surface area (Å²) in [6.07, 6.45) is 9.75. The van der Waals surface area contributed by atoms with Crippen LogP contribution < -0.4 is 0 Å².